The van der Waals surface area contributed by atoms with Crippen LogP contribution in [0.25, 0.3) is 10.9 Å². The second-order valence-corrected chi connectivity index (χ2v) is 6.89. The van der Waals surface area contributed by atoms with Crippen molar-refractivity contribution in [2.45, 2.75) is 38.1 Å². The average molecular weight is 325 g/mol. The number of aromatic nitrogens is 1. The lowest BCUT2D eigenvalue weighted by Gasteiger charge is -2.32. The molecule has 0 saturated heterocycles. The fourth-order valence-electron chi connectivity index (χ4n) is 3.49. The Bertz CT molecular complexity index is 694. The number of pyridine rings is 1. The second-order valence-electron chi connectivity index (χ2n) is 6.89. The lowest BCUT2D eigenvalue weighted by atomic mass is 9.94. The van der Waals surface area contributed by atoms with Crippen molar-refractivity contribution in [3.8, 4) is 0 Å². The number of hydrogen-bond donors (Lipinski definition) is 0. The van der Waals surface area contributed by atoms with Gasteiger partial charge >= 0.3 is 0 Å². The molecule has 1 amide bonds. The van der Waals surface area contributed by atoms with Crippen LogP contribution in [0.1, 0.15) is 42.6 Å². The minimum atomic E-state index is -0.00204. The first-order chi connectivity index (χ1) is 11.6. The number of hydrogen-bond acceptors (Lipinski definition) is 3. The molecule has 1 aliphatic rings. The summed E-state index contributed by atoms with van der Waals surface area (Å²) >= 11 is 0. The standard InChI is InChI=1S/C20H27N3O/c1-22(17-9-4-3-5-10-17)14-15-23(2)20(24)19-13-12-16-8-6-7-11-18(16)21-19/h6-8,11-13,17H,3-5,9-10,14-15H2,1-2H3. The van der Waals surface area contributed by atoms with Gasteiger partial charge in [0, 0.05) is 31.6 Å². The molecule has 3 rings (SSSR count). The van der Waals surface area contributed by atoms with Gasteiger partial charge in [-0.25, -0.2) is 4.98 Å². The first-order valence-electron chi connectivity index (χ1n) is 8.96. The summed E-state index contributed by atoms with van der Waals surface area (Å²) in [6.07, 6.45) is 6.63. The molecule has 1 aliphatic carbocycles. The molecule has 4 heteroatoms. The molecule has 0 N–H and O–H groups in total. The lowest BCUT2D eigenvalue weighted by Crippen LogP contribution is -2.40. The third-order valence-electron chi connectivity index (χ3n) is 5.15. The highest BCUT2D eigenvalue weighted by Crippen LogP contribution is 2.21. The van der Waals surface area contributed by atoms with E-state index in [1.165, 1.54) is 32.1 Å². The van der Waals surface area contributed by atoms with Crippen molar-refractivity contribution in [3.63, 3.8) is 0 Å². The summed E-state index contributed by atoms with van der Waals surface area (Å²) in [4.78, 5) is 21.3. The average Bonchev–Trinajstić information content (AvgIpc) is 2.65. The molecule has 0 atom stereocenters. The molecule has 1 fully saturated rings. The minimum absolute atomic E-state index is 0.00204. The number of amides is 1. The van der Waals surface area contributed by atoms with Crippen LogP contribution < -0.4 is 0 Å². The van der Waals surface area contributed by atoms with Gasteiger partial charge in [0.2, 0.25) is 0 Å². The highest BCUT2D eigenvalue weighted by molar-refractivity contribution is 5.94. The summed E-state index contributed by atoms with van der Waals surface area (Å²) in [5.41, 5.74) is 1.40. The first kappa shape index (κ1) is 16.9. The molecular weight excluding hydrogens is 298 g/mol. The van der Waals surface area contributed by atoms with Gasteiger partial charge in [0.1, 0.15) is 5.69 Å². The second kappa shape index (κ2) is 7.75. The van der Waals surface area contributed by atoms with Gasteiger partial charge in [-0.1, -0.05) is 43.5 Å². The molecule has 4 nitrogen and oxygen atoms in total. The minimum Gasteiger partial charge on any atom is -0.339 e. The highest BCUT2D eigenvalue weighted by atomic mass is 16.2. The number of rotatable bonds is 5. The number of fused-ring (bicyclic) bond motifs is 1. The molecule has 0 radical (unpaired) electrons. The topological polar surface area (TPSA) is 36.4 Å². The molecule has 0 unspecified atom stereocenters. The molecule has 0 spiro atoms. The Morgan fingerprint density at radius 2 is 1.79 bits per heavy atom. The van der Waals surface area contributed by atoms with E-state index in [9.17, 15) is 4.79 Å². The number of benzene rings is 1. The monoisotopic (exact) mass is 325 g/mol. The highest BCUT2D eigenvalue weighted by Gasteiger charge is 2.19. The van der Waals surface area contributed by atoms with E-state index >= 15 is 0 Å². The Labute approximate surface area is 144 Å². The molecule has 1 aromatic carbocycles. The Morgan fingerprint density at radius 3 is 2.58 bits per heavy atom. The zero-order valence-electron chi connectivity index (χ0n) is 14.7. The molecular formula is C20H27N3O. The van der Waals surface area contributed by atoms with E-state index in [-0.39, 0.29) is 5.91 Å². The Morgan fingerprint density at radius 1 is 1.04 bits per heavy atom. The van der Waals surface area contributed by atoms with Gasteiger partial charge in [-0.05, 0) is 32.0 Å². The van der Waals surface area contributed by atoms with Gasteiger partial charge in [0.15, 0.2) is 0 Å². The Hall–Kier alpha value is -1.94. The van der Waals surface area contributed by atoms with Crippen LogP contribution in [0, 0.1) is 0 Å². The van der Waals surface area contributed by atoms with Crippen LogP contribution >= 0.6 is 0 Å². The molecule has 2 aromatic rings. The van der Waals surface area contributed by atoms with Crippen molar-refractivity contribution >= 4 is 16.8 Å². The number of nitrogens with zero attached hydrogens (tertiary/aromatic N) is 3. The predicted molar refractivity (Wildman–Crippen MR) is 98.2 cm³/mol. The van der Waals surface area contributed by atoms with Crippen LogP contribution in [-0.2, 0) is 0 Å². The van der Waals surface area contributed by atoms with Crippen molar-refractivity contribution in [1.29, 1.82) is 0 Å². The maximum absolute atomic E-state index is 12.6. The zero-order chi connectivity index (χ0) is 16.9. The van der Waals surface area contributed by atoms with Crippen molar-refractivity contribution in [3.05, 3.63) is 42.1 Å². The largest absolute Gasteiger partial charge is 0.339 e. The Balaban J connectivity index is 1.59. The van der Waals surface area contributed by atoms with Crippen molar-refractivity contribution in [1.82, 2.24) is 14.8 Å². The van der Waals surface area contributed by atoms with Crippen molar-refractivity contribution in [2.75, 3.05) is 27.2 Å². The van der Waals surface area contributed by atoms with E-state index in [1.54, 1.807) is 4.90 Å². The summed E-state index contributed by atoms with van der Waals surface area (Å²) in [5, 5.41) is 1.06. The summed E-state index contributed by atoms with van der Waals surface area (Å²) in [5.74, 6) is -0.00204. The number of carbonyl (C=O) groups excluding carboxylic acids is 1. The van der Waals surface area contributed by atoms with Crippen LogP contribution in [0.15, 0.2) is 36.4 Å². The fraction of sp³-hybridized carbons (Fsp3) is 0.500. The number of likely N-dealkylation sites (N-methyl/N-ethyl adjacent to an activating group) is 2. The van der Waals surface area contributed by atoms with Crippen LogP contribution in [0.2, 0.25) is 0 Å². The van der Waals surface area contributed by atoms with Crippen LogP contribution in [-0.4, -0.2) is 53.9 Å². The smallest absolute Gasteiger partial charge is 0.272 e. The van der Waals surface area contributed by atoms with Crippen LogP contribution in [0.4, 0.5) is 0 Å². The molecule has 1 heterocycles. The van der Waals surface area contributed by atoms with E-state index in [1.807, 2.05) is 43.4 Å². The van der Waals surface area contributed by atoms with E-state index in [4.69, 9.17) is 0 Å². The van der Waals surface area contributed by atoms with Gasteiger partial charge in [0.05, 0.1) is 5.52 Å². The van der Waals surface area contributed by atoms with Crippen molar-refractivity contribution in [2.24, 2.45) is 0 Å². The molecule has 1 aromatic heterocycles. The number of carbonyl (C=O) groups is 1. The maximum atomic E-state index is 12.6. The molecule has 128 valence electrons. The normalized spacial score (nSPS) is 15.8. The molecule has 1 saturated carbocycles. The zero-order valence-corrected chi connectivity index (χ0v) is 14.7. The van der Waals surface area contributed by atoms with Crippen molar-refractivity contribution < 1.29 is 4.79 Å². The van der Waals surface area contributed by atoms with Gasteiger partial charge in [0.25, 0.3) is 5.91 Å². The molecule has 0 aliphatic heterocycles. The Kier molecular flexibility index (Phi) is 5.46. The van der Waals surface area contributed by atoms with E-state index in [0.29, 0.717) is 11.7 Å². The van der Waals surface area contributed by atoms with Gasteiger partial charge in [-0.3, -0.25) is 4.79 Å². The van der Waals surface area contributed by atoms with E-state index in [2.05, 4.69) is 16.9 Å². The quantitative estimate of drug-likeness (QED) is 0.843. The molecule has 24 heavy (non-hydrogen) atoms. The molecule has 0 bridgehead atoms. The van der Waals surface area contributed by atoms with Crippen LogP contribution in [0.3, 0.4) is 0 Å². The third-order valence-corrected chi connectivity index (χ3v) is 5.15. The van der Waals surface area contributed by atoms with Gasteiger partial charge in [-0.2, -0.15) is 0 Å². The van der Waals surface area contributed by atoms with Crippen LogP contribution in [0.5, 0.6) is 0 Å². The first-order valence-corrected chi connectivity index (χ1v) is 8.96. The summed E-state index contributed by atoms with van der Waals surface area (Å²) in [6.45, 7) is 1.65. The van der Waals surface area contributed by atoms with Gasteiger partial charge < -0.3 is 9.80 Å². The predicted octanol–water partition coefficient (Wildman–Crippen LogP) is 3.57. The number of para-hydroxylation sites is 1. The summed E-state index contributed by atoms with van der Waals surface area (Å²) < 4.78 is 0. The SMILES string of the molecule is CN(CCN(C)C1CCCCC1)C(=O)c1ccc2ccccc2n1. The fourth-order valence-corrected chi connectivity index (χ4v) is 3.49. The van der Waals surface area contributed by atoms with E-state index < -0.39 is 0 Å². The summed E-state index contributed by atoms with van der Waals surface area (Å²) in [7, 11) is 4.05. The third kappa shape index (κ3) is 3.93. The lowest BCUT2D eigenvalue weighted by molar-refractivity contribution is 0.0762. The van der Waals surface area contributed by atoms with E-state index in [0.717, 1.165) is 24.0 Å². The summed E-state index contributed by atoms with van der Waals surface area (Å²) in [6, 6.07) is 12.4. The maximum Gasteiger partial charge on any atom is 0.272 e. The van der Waals surface area contributed by atoms with Gasteiger partial charge in [-0.15, -0.1) is 0 Å².